The molecule has 0 aliphatic carbocycles. The highest BCUT2D eigenvalue weighted by Crippen LogP contribution is 2.25. The molecule has 6 heteroatoms. The largest absolute Gasteiger partial charge is 0.469 e. The van der Waals surface area contributed by atoms with Crippen LogP contribution in [0.5, 0.6) is 0 Å². The molecule has 1 aromatic heterocycles. The summed E-state index contributed by atoms with van der Waals surface area (Å²) in [5.74, 6) is 0.303. The van der Waals surface area contributed by atoms with E-state index >= 15 is 0 Å². The average Bonchev–Trinajstić information content (AvgIpc) is 2.26. The molecule has 1 unspecified atom stereocenters. The first kappa shape index (κ1) is 12.4. The van der Waals surface area contributed by atoms with Crippen LogP contribution in [0.3, 0.4) is 0 Å². The molecule has 0 amide bonds. The molecular formula is C9H11BrN2O2S. The summed E-state index contributed by atoms with van der Waals surface area (Å²) in [5.41, 5.74) is 0. The second-order valence-corrected chi connectivity index (χ2v) is 4.77. The van der Waals surface area contributed by atoms with E-state index in [4.69, 9.17) is 0 Å². The Morgan fingerprint density at radius 1 is 1.73 bits per heavy atom. The van der Waals surface area contributed by atoms with Crippen LogP contribution in [0.15, 0.2) is 22.0 Å². The van der Waals surface area contributed by atoms with E-state index in [0.29, 0.717) is 5.75 Å². The number of hydrogen-bond acceptors (Lipinski definition) is 5. The van der Waals surface area contributed by atoms with E-state index in [1.807, 2.05) is 6.92 Å². The summed E-state index contributed by atoms with van der Waals surface area (Å²) in [4.78, 5) is 19.1. The fourth-order valence-corrected chi connectivity index (χ4v) is 2.30. The first-order valence-corrected chi connectivity index (χ1v) is 6.09. The molecule has 0 N–H and O–H groups in total. The number of esters is 1. The van der Waals surface area contributed by atoms with E-state index in [0.717, 1.165) is 9.50 Å². The molecule has 0 spiro atoms. The van der Waals surface area contributed by atoms with Crippen LogP contribution in [-0.4, -0.2) is 28.8 Å². The quantitative estimate of drug-likeness (QED) is 0.483. The van der Waals surface area contributed by atoms with Crippen LogP contribution in [0, 0.1) is 5.92 Å². The van der Waals surface area contributed by atoms with Gasteiger partial charge in [-0.3, -0.25) is 4.79 Å². The highest BCUT2D eigenvalue weighted by atomic mass is 79.9. The molecule has 0 aliphatic heterocycles. The summed E-state index contributed by atoms with van der Waals surface area (Å²) < 4.78 is 5.47. The van der Waals surface area contributed by atoms with Crippen LogP contribution in [0.4, 0.5) is 0 Å². The zero-order valence-corrected chi connectivity index (χ0v) is 10.8. The molecular weight excluding hydrogens is 280 g/mol. The van der Waals surface area contributed by atoms with Crippen molar-refractivity contribution < 1.29 is 9.53 Å². The van der Waals surface area contributed by atoms with Gasteiger partial charge in [0.25, 0.3) is 0 Å². The van der Waals surface area contributed by atoms with E-state index in [1.54, 1.807) is 6.20 Å². The number of methoxy groups -OCH3 is 1. The topological polar surface area (TPSA) is 52.1 Å². The minimum absolute atomic E-state index is 0.137. The Morgan fingerprint density at radius 2 is 2.47 bits per heavy atom. The number of rotatable bonds is 4. The first-order valence-electron chi connectivity index (χ1n) is 4.31. The lowest BCUT2D eigenvalue weighted by Gasteiger charge is -2.08. The van der Waals surface area contributed by atoms with Gasteiger partial charge in [-0.15, -0.1) is 11.8 Å². The third-order valence-electron chi connectivity index (χ3n) is 1.71. The second-order valence-electron chi connectivity index (χ2n) is 2.91. The van der Waals surface area contributed by atoms with Crippen molar-refractivity contribution in [2.24, 2.45) is 5.92 Å². The summed E-state index contributed by atoms with van der Waals surface area (Å²) in [5, 5.41) is 0.834. The van der Waals surface area contributed by atoms with Crippen molar-refractivity contribution in [1.29, 1.82) is 0 Å². The number of thioether (sulfide) groups is 1. The van der Waals surface area contributed by atoms with Crippen molar-refractivity contribution in [1.82, 2.24) is 9.97 Å². The predicted octanol–water partition coefficient (Wildman–Crippen LogP) is 2.14. The Balaban J connectivity index is 2.50. The van der Waals surface area contributed by atoms with Crippen LogP contribution in [0.2, 0.25) is 0 Å². The Labute approximate surface area is 101 Å². The maximum atomic E-state index is 11.1. The number of aromatic nitrogens is 2. The molecule has 0 fully saturated rings. The van der Waals surface area contributed by atoms with Gasteiger partial charge in [-0.2, -0.15) is 0 Å². The van der Waals surface area contributed by atoms with E-state index in [1.165, 1.54) is 25.2 Å². The highest BCUT2D eigenvalue weighted by Gasteiger charge is 2.14. The Hall–Kier alpha value is -0.620. The summed E-state index contributed by atoms with van der Waals surface area (Å²) in [6.07, 6.45) is 3.16. The zero-order valence-electron chi connectivity index (χ0n) is 8.44. The molecule has 15 heavy (non-hydrogen) atoms. The summed E-state index contributed by atoms with van der Waals surface area (Å²) in [6, 6.07) is 0. The summed E-state index contributed by atoms with van der Waals surface area (Å²) in [6.45, 7) is 1.83. The second kappa shape index (κ2) is 6.07. The molecule has 82 valence electrons. The monoisotopic (exact) mass is 290 g/mol. The first-order chi connectivity index (χ1) is 7.15. The molecule has 4 nitrogen and oxygen atoms in total. The SMILES string of the molecule is COC(=O)C(C)CSc1ncncc1Br. The minimum atomic E-state index is -0.201. The molecule has 0 aromatic carbocycles. The van der Waals surface area contributed by atoms with Crippen molar-refractivity contribution in [3.05, 3.63) is 17.0 Å². The van der Waals surface area contributed by atoms with Gasteiger partial charge in [-0.05, 0) is 15.9 Å². The van der Waals surface area contributed by atoms with E-state index in [-0.39, 0.29) is 11.9 Å². The van der Waals surface area contributed by atoms with Gasteiger partial charge in [-0.25, -0.2) is 9.97 Å². The molecule has 1 heterocycles. The number of carbonyl (C=O) groups excluding carboxylic acids is 1. The van der Waals surface area contributed by atoms with Crippen molar-refractivity contribution in [3.63, 3.8) is 0 Å². The van der Waals surface area contributed by atoms with Crippen molar-refractivity contribution >= 4 is 33.7 Å². The third-order valence-corrected chi connectivity index (χ3v) is 3.82. The lowest BCUT2D eigenvalue weighted by atomic mass is 10.2. The maximum Gasteiger partial charge on any atom is 0.309 e. The van der Waals surface area contributed by atoms with Crippen molar-refractivity contribution in [3.8, 4) is 0 Å². The third kappa shape index (κ3) is 3.79. The zero-order chi connectivity index (χ0) is 11.3. The van der Waals surface area contributed by atoms with Gasteiger partial charge in [-0.1, -0.05) is 6.92 Å². The lowest BCUT2D eigenvalue weighted by molar-refractivity contribution is -0.143. The van der Waals surface area contributed by atoms with Crippen LogP contribution in [0.1, 0.15) is 6.92 Å². The smallest absolute Gasteiger partial charge is 0.309 e. The van der Waals surface area contributed by atoms with E-state index in [2.05, 4.69) is 30.6 Å². The summed E-state index contributed by atoms with van der Waals surface area (Å²) >= 11 is 4.84. The fourth-order valence-electron chi connectivity index (χ4n) is 0.881. The van der Waals surface area contributed by atoms with Gasteiger partial charge in [0.2, 0.25) is 0 Å². The molecule has 1 rings (SSSR count). The number of nitrogens with zero attached hydrogens (tertiary/aromatic N) is 2. The van der Waals surface area contributed by atoms with Crippen LogP contribution in [-0.2, 0) is 9.53 Å². The molecule has 0 aliphatic rings. The van der Waals surface area contributed by atoms with Crippen molar-refractivity contribution in [2.45, 2.75) is 11.9 Å². The number of ether oxygens (including phenoxy) is 1. The van der Waals surface area contributed by atoms with Gasteiger partial charge in [0.05, 0.1) is 17.5 Å². The Morgan fingerprint density at radius 3 is 3.07 bits per heavy atom. The number of hydrogen-bond donors (Lipinski definition) is 0. The van der Waals surface area contributed by atoms with Crippen LogP contribution >= 0.6 is 27.7 Å². The van der Waals surface area contributed by atoms with E-state index in [9.17, 15) is 4.79 Å². The standard InChI is InChI=1S/C9H11BrN2O2S/c1-6(9(13)14-2)4-15-8-7(10)3-11-5-12-8/h3,5-6H,4H2,1-2H3. The molecule has 0 radical (unpaired) electrons. The van der Waals surface area contributed by atoms with Crippen LogP contribution in [0.25, 0.3) is 0 Å². The molecule has 0 saturated heterocycles. The highest BCUT2D eigenvalue weighted by molar-refractivity contribution is 9.10. The summed E-state index contributed by atoms with van der Waals surface area (Å²) in [7, 11) is 1.39. The van der Waals surface area contributed by atoms with Crippen molar-refractivity contribution in [2.75, 3.05) is 12.9 Å². The molecule has 0 bridgehead atoms. The normalized spacial score (nSPS) is 12.2. The van der Waals surface area contributed by atoms with Crippen LogP contribution < -0.4 is 0 Å². The van der Waals surface area contributed by atoms with Gasteiger partial charge >= 0.3 is 5.97 Å². The average molecular weight is 291 g/mol. The molecule has 0 saturated carbocycles. The lowest BCUT2D eigenvalue weighted by Crippen LogP contribution is -2.14. The van der Waals surface area contributed by atoms with Gasteiger partial charge in [0.15, 0.2) is 0 Å². The number of halogens is 1. The molecule has 1 atom stereocenters. The van der Waals surface area contributed by atoms with Gasteiger partial charge < -0.3 is 4.74 Å². The van der Waals surface area contributed by atoms with Gasteiger partial charge in [0, 0.05) is 11.9 Å². The van der Waals surface area contributed by atoms with E-state index < -0.39 is 0 Å². The predicted molar refractivity (Wildman–Crippen MR) is 61.6 cm³/mol. The number of carbonyl (C=O) groups is 1. The fraction of sp³-hybridized carbons (Fsp3) is 0.444. The van der Waals surface area contributed by atoms with Gasteiger partial charge in [0.1, 0.15) is 11.4 Å². The Bertz CT molecular complexity index is 349. The molecule has 1 aromatic rings. The Kier molecular flexibility index (Phi) is 5.04. The maximum absolute atomic E-state index is 11.1. The minimum Gasteiger partial charge on any atom is -0.469 e.